The Hall–Kier alpha value is -1.62. The van der Waals surface area contributed by atoms with Crippen molar-refractivity contribution in [3.63, 3.8) is 0 Å². The normalized spacial score (nSPS) is 10.8. The summed E-state index contributed by atoms with van der Waals surface area (Å²) in [5.74, 6) is 0.324. The van der Waals surface area contributed by atoms with Gasteiger partial charge in [-0.2, -0.15) is 0 Å². The quantitative estimate of drug-likeness (QED) is 0.798. The molecule has 0 unspecified atom stereocenters. The molecule has 3 N–H and O–H groups in total. The lowest BCUT2D eigenvalue weighted by Gasteiger charge is -2.26. The Balaban J connectivity index is 2.98. The van der Waals surface area contributed by atoms with Gasteiger partial charge in [0.15, 0.2) is 0 Å². The van der Waals surface area contributed by atoms with Crippen molar-refractivity contribution in [1.29, 1.82) is 0 Å². The summed E-state index contributed by atoms with van der Waals surface area (Å²) in [6.07, 6.45) is 2.35. The molecule has 112 valence electrons. The first kappa shape index (κ1) is 16.4. The molecule has 20 heavy (non-hydrogen) atoms. The third-order valence-electron chi connectivity index (χ3n) is 3.09. The van der Waals surface area contributed by atoms with Gasteiger partial charge >= 0.3 is 0 Å². The number of aromatic nitrogens is 1. The van der Waals surface area contributed by atoms with E-state index in [4.69, 9.17) is 10.8 Å². The summed E-state index contributed by atoms with van der Waals surface area (Å²) in [7, 11) is 0. The predicted octanol–water partition coefficient (Wildman–Crippen LogP) is 1.85. The van der Waals surface area contributed by atoms with Crippen molar-refractivity contribution in [1.82, 2.24) is 9.88 Å². The maximum atomic E-state index is 12.6. The van der Waals surface area contributed by atoms with Crippen molar-refractivity contribution in [2.45, 2.75) is 46.1 Å². The molecule has 1 aromatic heterocycles. The van der Waals surface area contributed by atoms with E-state index in [0.717, 1.165) is 18.5 Å². The maximum Gasteiger partial charge on any atom is 0.254 e. The van der Waals surface area contributed by atoms with E-state index in [0.29, 0.717) is 24.3 Å². The number of amides is 1. The molecule has 1 heterocycles. The van der Waals surface area contributed by atoms with Crippen molar-refractivity contribution < 1.29 is 9.90 Å². The van der Waals surface area contributed by atoms with Gasteiger partial charge in [-0.05, 0) is 38.8 Å². The highest BCUT2D eigenvalue weighted by molar-refractivity contribution is 5.95. The second kappa shape index (κ2) is 7.85. The topological polar surface area (TPSA) is 79.5 Å². The summed E-state index contributed by atoms with van der Waals surface area (Å²) >= 11 is 0. The first-order valence-electron chi connectivity index (χ1n) is 7.17. The van der Waals surface area contributed by atoms with Gasteiger partial charge in [0.2, 0.25) is 0 Å². The molecule has 1 amide bonds. The summed E-state index contributed by atoms with van der Waals surface area (Å²) in [5.41, 5.74) is 7.21. The smallest absolute Gasteiger partial charge is 0.254 e. The minimum absolute atomic E-state index is 0.0556. The number of carbonyl (C=O) groups is 1. The molecule has 0 aliphatic carbocycles. The van der Waals surface area contributed by atoms with Gasteiger partial charge in [0.05, 0.1) is 0 Å². The monoisotopic (exact) mass is 279 g/mol. The van der Waals surface area contributed by atoms with Gasteiger partial charge < -0.3 is 15.7 Å². The Morgan fingerprint density at radius 3 is 2.70 bits per heavy atom. The molecule has 5 heteroatoms. The molecule has 0 spiro atoms. The molecule has 0 aliphatic rings. The zero-order chi connectivity index (χ0) is 15.1. The van der Waals surface area contributed by atoms with Crippen molar-refractivity contribution in [2.24, 2.45) is 0 Å². The van der Waals surface area contributed by atoms with Crippen molar-refractivity contribution in [3.05, 3.63) is 23.4 Å². The fourth-order valence-electron chi connectivity index (χ4n) is 2.12. The number of nitrogens with zero attached hydrogens (tertiary/aromatic N) is 2. The number of aliphatic hydroxyl groups is 1. The second-order valence-electron chi connectivity index (χ2n) is 5.19. The van der Waals surface area contributed by atoms with Crippen LogP contribution in [0.2, 0.25) is 0 Å². The highest BCUT2D eigenvalue weighted by Crippen LogP contribution is 2.14. The van der Waals surface area contributed by atoms with Gasteiger partial charge in [-0.25, -0.2) is 4.98 Å². The van der Waals surface area contributed by atoms with E-state index in [1.165, 1.54) is 0 Å². The van der Waals surface area contributed by atoms with Crippen molar-refractivity contribution >= 4 is 11.7 Å². The summed E-state index contributed by atoms with van der Waals surface area (Å²) < 4.78 is 0. The van der Waals surface area contributed by atoms with Crippen LogP contribution in [-0.2, 0) is 6.42 Å². The number of hydrogen-bond acceptors (Lipinski definition) is 4. The van der Waals surface area contributed by atoms with Gasteiger partial charge in [0.25, 0.3) is 5.91 Å². The highest BCUT2D eigenvalue weighted by atomic mass is 16.3. The third-order valence-corrected chi connectivity index (χ3v) is 3.09. The maximum absolute atomic E-state index is 12.6. The van der Waals surface area contributed by atoms with Crippen LogP contribution < -0.4 is 5.73 Å². The zero-order valence-electron chi connectivity index (χ0n) is 12.6. The van der Waals surface area contributed by atoms with E-state index in [9.17, 15) is 4.79 Å². The first-order valence-corrected chi connectivity index (χ1v) is 7.17. The van der Waals surface area contributed by atoms with Crippen LogP contribution in [0.25, 0.3) is 0 Å². The Labute approximate surface area is 120 Å². The number of rotatable bonds is 7. The first-order chi connectivity index (χ1) is 9.49. The number of aliphatic hydroxyl groups excluding tert-OH is 1. The summed E-state index contributed by atoms with van der Waals surface area (Å²) in [6.45, 7) is 6.61. The fraction of sp³-hybridized carbons (Fsp3) is 0.600. The van der Waals surface area contributed by atoms with E-state index in [1.54, 1.807) is 11.0 Å². The number of hydrogen-bond donors (Lipinski definition) is 2. The minimum Gasteiger partial charge on any atom is -0.396 e. The highest BCUT2D eigenvalue weighted by Gasteiger charge is 2.19. The van der Waals surface area contributed by atoms with Crippen LogP contribution in [0.3, 0.4) is 0 Å². The molecular formula is C15H25N3O2. The third kappa shape index (κ3) is 4.49. The van der Waals surface area contributed by atoms with Crippen molar-refractivity contribution in [2.75, 3.05) is 18.9 Å². The van der Waals surface area contributed by atoms with Crippen LogP contribution >= 0.6 is 0 Å². The van der Waals surface area contributed by atoms with Crippen LogP contribution in [-0.4, -0.2) is 40.1 Å². The van der Waals surface area contributed by atoms with E-state index >= 15 is 0 Å². The molecule has 0 aromatic carbocycles. The molecule has 0 saturated carbocycles. The molecule has 0 radical (unpaired) electrons. The number of aryl methyl sites for hydroxylation is 1. The van der Waals surface area contributed by atoms with Crippen LogP contribution in [0.5, 0.6) is 0 Å². The SMILES string of the molecule is CCCc1cc(C(=O)N(CCCO)C(C)C)cc(N)n1. The predicted molar refractivity (Wildman–Crippen MR) is 80.5 cm³/mol. The lowest BCUT2D eigenvalue weighted by atomic mass is 10.1. The largest absolute Gasteiger partial charge is 0.396 e. The molecule has 5 nitrogen and oxygen atoms in total. The van der Waals surface area contributed by atoms with E-state index < -0.39 is 0 Å². The Bertz CT molecular complexity index is 447. The van der Waals surface area contributed by atoms with Gasteiger partial charge in [0, 0.05) is 30.5 Å². The standard InChI is InChI=1S/C15H25N3O2/c1-4-6-13-9-12(10-14(16)17-13)15(20)18(11(2)3)7-5-8-19/h9-11,19H,4-8H2,1-3H3,(H2,16,17). The average molecular weight is 279 g/mol. The zero-order valence-corrected chi connectivity index (χ0v) is 12.6. The summed E-state index contributed by atoms with van der Waals surface area (Å²) in [5, 5.41) is 8.94. The second-order valence-corrected chi connectivity index (χ2v) is 5.19. The molecule has 0 saturated heterocycles. The minimum atomic E-state index is -0.0556. The van der Waals surface area contributed by atoms with Crippen LogP contribution in [0.1, 0.15) is 49.7 Å². The van der Waals surface area contributed by atoms with Crippen molar-refractivity contribution in [3.8, 4) is 0 Å². The molecular weight excluding hydrogens is 254 g/mol. The molecule has 0 bridgehead atoms. The molecule has 0 fully saturated rings. The molecule has 1 rings (SSSR count). The van der Waals surface area contributed by atoms with Gasteiger partial charge in [-0.3, -0.25) is 4.79 Å². The van der Waals surface area contributed by atoms with Crippen LogP contribution in [0.15, 0.2) is 12.1 Å². The Morgan fingerprint density at radius 1 is 1.45 bits per heavy atom. The van der Waals surface area contributed by atoms with E-state index in [-0.39, 0.29) is 18.6 Å². The van der Waals surface area contributed by atoms with Crippen LogP contribution in [0.4, 0.5) is 5.82 Å². The number of nitrogens with two attached hydrogens (primary N) is 1. The van der Waals surface area contributed by atoms with Crippen LogP contribution in [0, 0.1) is 0 Å². The average Bonchev–Trinajstić information content (AvgIpc) is 2.38. The molecule has 1 aromatic rings. The summed E-state index contributed by atoms with van der Waals surface area (Å²) in [4.78, 5) is 18.6. The molecule has 0 aliphatic heterocycles. The van der Waals surface area contributed by atoms with Gasteiger partial charge in [-0.1, -0.05) is 13.3 Å². The Kier molecular flexibility index (Phi) is 6.45. The lowest BCUT2D eigenvalue weighted by Crippen LogP contribution is -2.38. The van der Waals surface area contributed by atoms with E-state index in [2.05, 4.69) is 11.9 Å². The fourth-order valence-corrected chi connectivity index (χ4v) is 2.12. The number of pyridine rings is 1. The van der Waals surface area contributed by atoms with Gasteiger partial charge in [-0.15, -0.1) is 0 Å². The Morgan fingerprint density at radius 2 is 2.15 bits per heavy atom. The van der Waals surface area contributed by atoms with E-state index in [1.807, 2.05) is 19.9 Å². The van der Waals surface area contributed by atoms with Gasteiger partial charge in [0.1, 0.15) is 5.82 Å². The molecule has 0 atom stereocenters. The lowest BCUT2D eigenvalue weighted by molar-refractivity contribution is 0.0693. The number of anilines is 1. The number of nitrogen functional groups attached to an aromatic ring is 1. The summed E-state index contributed by atoms with van der Waals surface area (Å²) in [6, 6.07) is 3.52. The number of carbonyl (C=O) groups excluding carboxylic acids is 1.